The molecule has 3 aromatic rings. The maximum Gasteiger partial charge on any atom is 0.321 e. The van der Waals surface area contributed by atoms with Gasteiger partial charge in [0.25, 0.3) is 11.8 Å². The number of urea groups is 1. The van der Waals surface area contributed by atoms with Gasteiger partial charge >= 0.3 is 6.03 Å². The molecule has 2 aliphatic heterocycles. The van der Waals surface area contributed by atoms with Gasteiger partial charge in [-0.15, -0.1) is 11.3 Å². The molecular formula is C30H35N5O6S2. The fourth-order valence-electron chi connectivity index (χ4n) is 5.42. The number of morpholine rings is 1. The lowest BCUT2D eigenvalue weighted by Gasteiger charge is -2.34. The van der Waals surface area contributed by atoms with Crippen molar-refractivity contribution in [1.29, 1.82) is 0 Å². The molecule has 0 aliphatic carbocycles. The normalized spacial score (nSPS) is 19.3. The van der Waals surface area contributed by atoms with Gasteiger partial charge in [0, 0.05) is 50.2 Å². The zero-order valence-corrected chi connectivity index (χ0v) is 25.9. The Morgan fingerprint density at radius 1 is 0.977 bits per heavy atom. The molecule has 2 atom stereocenters. The predicted molar refractivity (Wildman–Crippen MR) is 164 cm³/mol. The third-order valence-electron chi connectivity index (χ3n) is 7.43. The highest BCUT2D eigenvalue weighted by Gasteiger charge is 2.33. The van der Waals surface area contributed by atoms with Crippen LogP contribution in [0, 0.1) is 0 Å². The lowest BCUT2D eigenvalue weighted by Crippen LogP contribution is -2.48. The molecule has 0 bridgehead atoms. The highest BCUT2D eigenvalue weighted by Crippen LogP contribution is 2.38. The Balaban J connectivity index is 1.36. The first-order chi connectivity index (χ1) is 20.5. The molecule has 11 nitrogen and oxygen atoms in total. The first kappa shape index (κ1) is 30.8. The maximum absolute atomic E-state index is 13.3. The number of imide groups is 1. The van der Waals surface area contributed by atoms with Gasteiger partial charge in [-0.1, -0.05) is 30.3 Å². The molecule has 13 heteroatoms. The number of nitrogens with zero attached hydrogens (tertiary/aromatic N) is 2. The van der Waals surface area contributed by atoms with Gasteiger partial charge in [0.2, 0.25) is 10.0 Å². The Morgan fingerprint density at radius 2 is 1.65 bits per heavy atom. The van der Waals surface area contributed by atoms with E-state index in [0.29, 0.717) is 24.5 Å². The van der Waals surface area contributed by atoms with Crippen molar-refractivity contribution in [2.24, 2.45) is 0 Å². The third kappa shape index (κ3) is 6.97. The zero-order valence-electron chi connectivity index (χ0n) is 24.3. The predicted octanol–water partition coefficient (Wildman–Crippen LogP) is 3.43. The molecule has 228 valence electrons. The standard InChI is InChI=1S/C30H35N5O6S2/c1-19-15-35(16-20(2)41-19)43(39,40)23-11-9-22(10-12-23)27(36)32-29-26(28(37)33-30(38)31-3)24-13-14-34(18-25(24)42-29)17-21-7-5-4-6-8-21/h4-12,19-20H,13-18H2,1-3H3,(H,32,36)(H2,31,33,37,38). The SMILES string of the molecule is CNC(=O)NC(=O)c1c(NC(=O)c2ccc(S(=O)(=O)N3CC(C)OC(C)C3)cc2)sc2c1CCN(Cc1ccccc1)C2. The number of thiophene rings is 1. The van der Waals surface area contributed by atoms with E-state index in [1.807, 2.05) is 32.0 Å². The minimum absolute atomic E-state index is 0.0843. The summed E-state index contributed by atoms with van der Waals surface area (Å²) in [6, 6.07) is 15.2. The molecule has 4 amide bonds. The Hall–Kier alpha value is -3.62. The van der Waals surface area contributed by atoms with Crippen LogP contribution in [-0.4, -0.2) is 74.4 Å². The maximum atomic E-state index is 13.3. The highest BCUT2D eigenvalue weighted by molar-refractivity contribution is 7.89. The number of amides is 4. The number of sulfonamides is 1. The van der Waals surface area contributed by atoms with Crippen molar-refractivity contribution in [3.63, 3.8) is 0 Å². The van der Waals surface area contributed by atoms with Gasteiger partial charge in [-0.2, -0.15) is 4.31 Å². The van der Waals surface area contributed by atoms with Crippen molar-refractivity contribution >= 4 is 44.2 Å². The van der Waals surface area contributed by atoms with Gasteiger partial charge < -0.3 is 15.4 Å². The number of anilines is 1. The van der Waals surface area contributed by atoms with Crippen molar-refractivity contribution in [2.45, 2.75) is 50.5 Å². The molecule has 1 saturated heterocycles. The second-order valence-electron chi connectivity index (χ2n) is 10.7. The van der Waals surface area contributed by atoms with E-state index in [1.54, 1.807) is 0 Å². The lowest BCUT2D eigenvalue weighted by molar-refractivity contribution is -0.0440. The van der Waals surface area contributed by atoms with Crippen LogP contribution >= 0.6 is 11.3 Å². The van der Waals surface area contributed by atoms with Gasteiger partial charge in [0.15, 0.2) is 0 Å². The smallest absolute Gasteiger partial charge is 0.321 e. The summed E-state index contributed by atoms with van der Waals surface area (Å²) in [4.78, 5) is 41.8. The second-order valence-corrected chi connectivity index (χ2v) is 13.8. The van der Waals surface area contributed by atoms with Crippen LogP contribution in [0.3, 0.4) is 0 Å². The average Bonchev–Trinajstić information content (AvgIpc) is 3.34. The van der Waals surface area contributed by atoms with Gasteiger partial charge in [-0.25, -0.2) is 13.2 Å². The summed E-state index contributed by atoms with van der Waals surface area (Å²) in [5, 5.41) is 7.89. The van der Waals surface area contributed by atoms with Crippen molar-refractivity contribution in [3.05, 3.63) is 81.7 Å². The zero-order chi connectivity index (χ0) is 30.7. The molecule has 1 fully saturated rings. The summed E-state index contributed by atoms with van der Waals surface area (Å²) < 4.78 is 33.5. The van der Waals surface area contributed by atoms with E-state index in [2.05, 4.69) is 33.0 Å². The van der Waals surface area contributed by atoms with Crippen LogP contribution in [0.1, 0.15) is 50.6 Å². The minimum atomic E-state index is -3.76. The van der Waals surface area contributed by atoms with Crippen molar-refractivity contribution in [1.82, 2.24) is 19.8 Å². The Bertz CT molecular complexity index is 1600. The molecule has 0 radical (unpaired) electrons. The van der Waals surface area contributed by atoms with E-state index in [1.165, 1.54) is 52.5 Å². The fraction of sp³-hybridized carbons (Fsp3) is 0.367. The van der Waals surface area contributed by atoms with E-state index >= 15 is 0 Å². The minimum Gasteiger partial charge on any atom is -0.373 e. The van der Waals surface area contributed by atoms with Crippen LogP contribution < -0.4 is 16.0 Å². The van der Waals surface area contributed by atoms with E-state index in [4.69, 9.17) is 4.74 Å². The van der Waals surface area contributed by atoms with E-state index < -0.39 is 27.9 Å². The van der Waals surface area contributed by atoms with Crippen molar-refractivity contribution in [3.8, 4) is 0 Å². The Labute approximate surface area is 255 Å². The number of rotatable bonds is 7. The number of ether oxygens (including phenoxy) is 1. The monoisotopic (exact) mass is 625 g/mol. The molecule has 2 aliphatic rings. The first-order valence-electron chi connectivity index (χ1n) is 14.1. The summed E-state index contributed by atoms with van der Waals surface area (Å²) >= 11 is 1.31. The van der Waals surface area contributed by atoms with Crippen LogP contribution in [-0.2, 0) is 34.3 Å². The highest BCUT2D eigenvalue weighted by atomic mass is 32.2. The first-order valence-corrected chi connectivity index (χ1v) is 16.3. The number of hydrogen-bond donors (Lipinski definition) is 3. The summed E-state index contributed by atoms with van der Waals surface area (Å²) in [5.41, 5.74) is 2.49. The Morgan fingerprint density at radius 3 is 2.30 bits per heavy atom. The van der Waals surface area contributed by atoms with Gasteiger partial charge in [0.1, 0.15) is 5.00 Å². The second kappa shape index (κ2) is 12.9. The number of benzene rings is 2. The number of fused-ring (bicyclic) bond motifs is 1. The number of hydrogen-bond acceptors (Lipinski definition) is 8. The summed E-state index contributed by atoms with van der Waals surface area (Å²) in [6.45, 7) is 6.22. The van der Waals surface area contributed by atoms with Crippen molar-refractivity contribution < 1.29 is 27.5 Å². The van der Waals surface area contributed by atoms with Crippen LogP contribution in [0.25, 0.3) is 0 Å². The van der Waals surface area contributed by atoms with Gasteiger partial charge in [-0.3, -0.25) is 19.8 Å². The summed E-state index contributed by atoms with van der Waals surface area (Å²) in [7, 11) is -2.35. The quantitative estimate of drug-likeness (QED) is 0.366. The molecule has 5 rings (SSSR count). The topological polar surface area (TPSA) is 137 Å². The molecule has 0 spiro atoms. The molecule has 3 N–H and O–H groups in total. The largest absolute Gasteiger partial charge is 0.373 e. The summed E-state index contributed by atoms with van der Waals surface area (Å²) in [6.07, 6.45) is 0.136. The van der Waals surface area contributed by atoms with E-state index in [9.17, 15) is 22.8 Å². The number of nitrogens with one attached hydrogen (secondary N) is 3. The molecule has 1 aromatic heterocycles. The van der Waals surface area contributed by atoms with E-state index in [0.717, 1.165) is 17.0 Å². The van der Waals surface area contributed by atoms with Crippen LogP contribution in [0.4, 0.5) is 9.80 Å². The summed E-state index contributed by atoms with van der Waals surface area (Å²) in [5.74, 6) is -1.09. The molecule has 43 heavy (non-hydrogen) atoms. The van der Waals surface area contributed by atoms with Gasteiger partial charge in [0.05, 0.1) is 22.7 Å². The number of carbonyl (C=O) groups is 3. The number of carbonyl (C=O) groups excluding carboxylic acids is 3. The Kier molecular flexibility index (Phi) is 9.28. The van der Waals surface area contributed by atoms with E-state index in [-0.39, 0.29) is 41.3 Å². The van der Waals surface area contributed by atoms with Crippen molar-refractivity contribution in [2.75, 3.05) is 32.0 Å². The molecule has 3 heterocycles. The van der Waals surface area contributed by atoms with Crippen LogP contribution in [0.15, 0.2) is 59.5 Å². The fourth-order valence-corrected chi connectivity index (χ4v) is 8.29. The van der Waals surface area contributed by atoms with Crippen LogP contribution in [0.2, 0.25) is 0 Å². The molecule has 0 saturated carbocycles. The lowest BCUT2D eigenvalue weighted by atomic mass is 10.0. The van der Waals surface area contributed by atoms with Crippen LogP contribution in [0.5, 0.6) is 0 Å². The third-order valence-corrected chi connectivity index (χ3v) is 10.4. The van der Waals surface area contributed by atoms with Gasteiger partial charge in [-0.05, 0) is 55.7 Å². The molecule has 2 unspecified atom stereocenters. The molecular weight excluding hydrogens is 590 g/mol. The average molecular weight is 626 g/mol. The molecule has 2 aromatic carbocycles.